The molecule has 0 heterocycles. The van der Waals surface area contributed by atoms with Crippen LogP contribution in [0.5, 0.6) is 0 Å². The molecule has 0 radical (unpaired) electrons. The zero-order chi connectivity index (χ0) is 14.0. The summed E-state index contributed by atoms with van der Waals surface area (Å²) in [6, 6.07) is 4.40. The van der Waals surface area contributed by atoms with E-state index in [2.05, 4.69) is 10.6 Å². The van der Waals surface area contributed by atoms with Gasteiger partial charge in [0.05, 0.1) is 4.90 Å². The van der Waals surface area contributed by atoms with Crippen LogP contribution in [0.1, 0.15) is 12.8 Å². The Hall–Kier alpha value is -1.70. The second kappa shape index (κ2) is 5.12. The summed E-state index contributed by atoms with van der Waals surface area (Å²) in [6.07, 6.45) is 1.89. The highest BCUT2D eigenvalue weighted by molar-refractivity contribution is 7.91. The average Bonchev–Trinajstić information content (AvgIpc) is 3.13. The number of amides is 2. The number of alkyl halides is 2. The Labute approximate surface area is 108 Å². The van der Waals surface area contributed by atoms with Crippen molar-refractivity contribution in [2.75, 3.05) is 5.32 Å². The zero-order valence-electron chi connectivity index (χ0n) is 9.77. The van der Waals surface area contributed by atoms with Crippen LogP contribution < -0.4 is 10.6 Å². The van der Waals surface area contributed by atoms with Gasteiger partial charge < -0.3 is 10.6 Å². The maximum Gasteiger partial charge on any atom is 0.341 e. The van der Waals surface area contributed by atoms with Crippen molar-refractivity contribution < 1.29 is 22.0 Å². The van der Waals surface area contributed by atoms with Crippen molar-refractivity contribution in [3.63, 3.8) is 0 Å². The SMILES string of the molecule is O=C(Nc1ccc(S(=O)(=O)C(F)F)cc1)NC1CC1. The van der Waals surface area contributed by atoms with Gasteiger partial charge in [-0.1, -0.05) is 0 Å². The molecule has 0 bridgehead atoms. The quantitative estimate of drug-likeness (QED) is 0.890. The smallest absolute Gasteiger partial charge is 0.335 e. The molecule has 0 unspecified atom stereocenters. The Morgan fingerprint density at radius 1 is 1.21 bits per heavy atom. The lowest BCUT2D eigenvalue weighted by Gasteiger charge is -2.07. The number of carbonyl (C=O) groups is 1. The minimum absolute atomic E-state index is 0.193. The van der Waals surface area contributed by atoms with Crippen LogP contribution in [0.2, 0.25) is 0 Å². The molecular weight excluding hydrogens is 278 g/mol. The molecule has 2 rings (SSSR count). The summed E-state index contributed by atoms with van der Waals surface area (Å²) in [6.45, 7) is 0. The lowest BCUT2D eigenvalue weighted by Crippen LogP contribution is -2.30. The van der Waals surface area contributed by atoms with Crippen LogP contribution in [-0.2, 0) is 9.84 Å². The minimum Gasteiger partial charge on any atom is -0.335 e. The van der Waals surface area contributed by atoms with E-state index in [9.17, 15) is 22.0 Å². The van der Waals surface area contributed by atoms with Crippen LogP contribution in [0.25, 0.3) is 0 Å². The van der Waals surface area contributed by atoms with Crippen molar-refractivity contribution in [1.82, 2.24) is 5.32 Å². The highest BCUT2D eigenvalue weighted by atomic mass is 32.2. The van der Waals surface area contributed by atoms with Gasteiger partial charge in [-0.05, 0) is 37.1 Å². The van der Waals surface area contributed by atoms with Gasteiger partial charge in [0.15, 0.2) is 0 Å². The van der Waals surface area contributed by atoms with Gasteiger partial charge in [-0.3, -0.25) is 0 Å². The number of anilines is 1. The van der Waals surface area contributed by atoms with Crippen LogP contribution in [-0.4, -0.2) is 26.2 Å². The molecule has 0 aromatic heterocycles. The van der Waals surface area contributed by atoms with Crippen molar-refractivity contribution in [2.24, 2.45) is 0 Å². The highest BCUT2D eigenvalue weighted by Gasteiger charge is 2.26. The normalized spacial score (nSPS) is 15.3. The molecule has 0 atom stereocenters. The van der Waals surface area contributed by atoms with E-state index < -0.39 is 26.5 Å². The molecule has 8 heteroatoms. The summed E-state index contributed by atoms with van der Waals surface area (Å²) in [5, 5.41) is 5.17. The van der Waals surface area contributed by atoms with E-state index in [0.29, 0.717) is 5.69 Å². The van der Waals surface area contributed by atoms with Crippen molar-refractivity contribution in [1.29, 1.82) is 0 Å². The number of carbonyl (C=O) groups excluding carboxylic acids is 1. The molecule has 0 saturated heterocycles. The average molecular weight is 290 g/mol. The summed E-state index contributed by atoms with van der Waals surface area (Å²) >= 11 is 0. The summed E-state index contributed by atoms with van der Waals surface area (Å²) < 4.78 is 46.9. The Morgan fingerprint density at radius 2 is 1.79 bits per heavy atom. The Morgan fingerprint density at radius 3 is 2.26 bits per heavy atom. The monoisotopic (exact) mass is 290 g/mol. The molecule has 2 N–H and O–H groups in total. The van der Waals surface area contributed by atoms with Gasteiger partial charge in [0.1, 0.15) is 0 Å². The van der Waals surface area contributed by atoms with Gasteiger partial charge in [-0.15, -0.1) is 0 Å². The number of halogens is 2. The second-order valence-electron chi connectivity index (χ2n) is 4.20. The molecule has 1 aliphatic rings. The van der Waals surface area contributed by atoms with E-state index in [1.807, 2.05) is 0 Å². The fraction of sp³-hybridized carbons (Fsp3) is 0.364. The number of sulfone groups is 1. The third-order valence-electron chi connectivity index (χ3n) is 2.59. The Bertz CT molecular complexity index is 568. The lowest BCUT2D eigenvalue weighted by atomic mass is 10.3. The van der Waals surface area contributed by atoms with Crippen LogP contribution in [0, 0.1) is 0 Å². The van der Waals surface area contributed by atoms with E-state index in [-0.39, 0.29) is 6.04 Å². The molecule has 1 fully saturated rings. The van der Waals surface area contributed by atoms with Gasteiger partial charge in [-0.25, -0.2) is 13.2 Å². The van der Waals surface area contributed by atoms with Gasteiger partial charge in [0, 0.05) is 11.7 Å². The standard InChI is InChI=1S/C11H12F2N2O3S/c12-10(13)19(17,18)9-5-3-8(4-6-9)15-11(16)14-7-1-2-7/h3-7,10H,1-2H2,(H2,14,15,16). The van der Waals surface area contributed by atoms with Gasteiger partial charge in [-0.2, -0.15) is 8.78 Å². The third kappa shape index (κ3) is 3.40. The largest absolute Gasteiger partial charge is 0.341 e. The number of hydrogen-bond acceptors (Lipinski definition) is 3. The van der Waals surface area contributed by atoms with Gasteiger partial charge in [0.25, 0.3) is 0 Å². The molecule has 1 aliphatic carbocycles. The van der Waals surface area contributed by atoms with Gasteiger partial charge in [0.2, 0.25) is 9.84 Å². The van der Waals surface area contributed by atoms with Crippen LogP contribution in [0.4, 0.5) is 19.3 Å². The van der Waals surface area contributed by atoms with Crippen molar-refractivity contribution in [3.05, 3.63) is 24.3 Å². The van der Waals surface area contributed by atoms with Crippen LogP contribution in [0.3, 0.4) is 0 Å². The Balaban J connectivity index is 2.03. The fourth-order valence-corrected chi connectivity index (χ4v) is 2.13. The lowest BCUT2D eigenvalue weighted by molar-refractivity contribution is 0.234. The van der Waals surface area contributed by atoms with Crippen LogP contribution >= 0.6 is 0 Å². The summed E-state index contributed by atoms with van der Waals surface area (Å²) in [5.74, 6) is -3.45. The molecule has 1 aromatic rings. The fourth-order valence-electron chi connectivity index (χ4n) is 1.41. The van der Waals surface area contributed by atoms with E-state index in [1.165, 1.54) is 12.1 Å². The summed E-state index contributed by atoms with van der Waals surface area (Å²) in [5.41, 5.74) is 0.339. The summed E-state index contributed by atoms with van der Waals surface area (Å²) in [7, 11) is -4.59. The topological polar surface area (TPSA) is 75.3 Å². The predicted molar refractivity (Wildman–Crippen MR) is 64.8 cm³/mol. The maximum absolute atomic E-state index is 12.3. The third-order valence-corrected chi connectivity index (χ3v) is 3.99. The number of benzene rings is 1. The summed E-state index contributed by atoms with van der Waals surface area (Å²) in [4.78, 5) is 10.9. The maximum atomic E-state index is 12.3. The van der Waals surface area contributed by atoms with Crippen molar-refractivity contribution >= 4 is 21.6 Å². The van der Waals surface area contributed by atoms with Crippen molar-refractivity contribution in [3.8, 4) is 0 Å². The molecule has 0 aliphatic heterocycles. The second-order valence-corrected chi connectivity index (χ2v) is 6.12. The predicted octanol–water partition coefficient (Wildman–Crippen LogP) is 1.97. The first-order chi connectivity index (χ1) is 8.89. The van der Waals surface area contributed by atoms with E-state index in [1.54, 1.807) is 0 Å². The highest BCUT2D eigenvalue weighted by Crippen LogP contribution is 2.21. The molecule has 1 saturated carbocycles. The first kappa shape index (κ1) is 13.7. The first-order valence-electron chi connectivity index (χ1n) is 5.59. The number of urea groups is 1. The number of hydrogen-bond donors (Lipinski definition) is 2. The van der Waals surface area contributed by atoms with E-state index in [4.69, 9.17) is 0 Å². The molecule has 2 amide bonds. The van der Waals surface area contributed by atoms with E-state index in [0.717, 1.165) is 25.0 Å². The van der Waals surface area contributed by atoms with Crippen molar-refractivity contribution in [2.45, 2.75) is 29.5 Å². The number of nitrogens with one attached hydrogen (secondary N) is 2. The molecule has 5 nitrogen and oxygen atoms in total. The van der Waals surface area contributed by atoms with E-state index >= 15 is 0 Å². The number of rotatable bonds is 4. The van der Waals surface area contributed by atoms with Crippen LogP contribution in [0.15, 0.2) is 29.2 Å². The molecule has 1 aromatic carbocycles. The molecule has 104 valence electrons. The minimum atomic E-state index is -4.59. The molecule has 0 spiro atoms. The Kier molecular flexibility index (Phi) is 3.70. The first-order valence-corrected chi connectivity index (χ1v) is 7.14. The molecule has 19 heavy (non-hydrogen) atoms. The van der Waals surface area contributed by atoms with Gasteiger partial charge >= 0.3 is 11.8 Å². The zero-order valence-corrected chi connectivity index (χ0v) is 10.6. The molecular formula is C11H12F2N2O3S.